The van der Waals surface area contributed by atoms with E-state index in [0.717, 1.165) is 9.13 Å². The average molecular weight is 465 g/mol. The van der Waals surface area contributed by atoms with Crippen molar-refractivity contribution < 1.29 is 14.3 Å². The Kier molecular flexibility index (Phi) is 5.56. The number of benzene rings is 1. The zero-order valence-corrected chi connectivity index (χ0v) is 15.4. The van der Waals surface area contributed by atoms with Gasteiger partial charge in [0.1, 0.15) is 18.2 Å². The Morgan fingerprint density at radius 1 is 1.15 bits per heavy atom. The van der Waals surface area contributed by atoms with Crippen molar-refractivity contribution in [1.29, 1.82) is 0 Å². The molecule has 3 N–H and O–H groups in total. The van der Waals surface area contributed by atoms with Crippen LogP contribution in [-0.2, 0) is 4.79 Å². The minimum Gasteiger partial charge on any atom is -0.480 e. The highest BCUT2D eigenvalue weighted by Gasteiger charge is 2.10. The highest BCUT2D eigenvalue weighted by atomic mass is 127. The van der Waals surface area contributed by atoms with Gasteiger partial charge in [0, 0.05) is 27.6 Å². The molecule has 0 saturated heterocycles. The van der Waals surface area contributed by atoms with Crippen LogP contribution in [0.5, 0.6) is 0 Å². The summed E-state index contributed by atoms with van der Waals surface area (Å²) in [4.78, 5) is 23.3. The Hall–Kier alpha value is -2.82. The maximum absolute atomic E-state index is 14.1. The molecule has 0 unspecified atom stereocenters. The van der Waals surface area contributed by atoms with Gasteiger partial charge in [0.15, 0.2) is 0 Å². The third kappa shape index (κ3) is 4.63. The fourth-order valence-corrected chi connectivity index (χ4v) is 2.60. The molecule has 9 heteroatoms. The van der Waals surface area contributed by atoms with E-state index in [-0.39, 0.29) is 18.2 Å². The SMILES string of the molecule is O=C(O)CNc1nc(Nc2ccc(I)cc2F)cc(-c2ccncc2)n1. The van der Waals surface area contributed by atoms with Crippen LogP contribution < -0.4 is 10.6 Å². The molecule has 132 valence electrons. The Balaban J connectivity index is 1.97. The van der Waals surface area contributed by atoms with Crippen LogP contribution in [0.2, 0.25) is 0 Å². The predicted molar refractivity (Wildman–Crippen MR) is 104 cm³/mol. The lowest BCUT2D eigenvalue weighted by Crippen LogP contribution is -2.15. The number of carboxylic acid groups (broad SMARTS) is 1. The Morgan fingerprint density at radius 2 is 1.92 bits per heavy atom. The number of nitrogens with zero attached hydrogens (tertiary/aromatic N) is 3. The topological polar surface area (TPSA) is 100 Å². The summed E-state index contributed by atoms with van der Waals surface area (Å²) in [6.07, 6.45) is 3.24. The van der Waals surface area contributed by atoms with E-state index < -0.39 is 11.8 Å². The van der Waals surface area contributed by atoms with Gasteiger partial charge in [-0.05, 0) is 52.9 Å². The number of hydrogen-bond donors (Lipinski definition) is 3. The fourth-order valence-electron chi connectivity index (χ4n) is 2.14. The van der Waals surface area contributed by atoms with Crippen LogP contribution >= 0.6 is 22.6 Å². The molecular weight excluding hydrogens is 452 g/mol. The second-order valence-corrected chi connectivity index (χ2v) is 6.44. The van der Waals surface area contributed by atoms with E-state index in [9.17, 15) is 9.18 Å². The third-order valence-electron chi connectivity index (χ3n) is 3.29. The average Bonchev–Trinajstić information content (AvgIpc) is 2.63. The maximum atomic E-state index is 14.1. The first kappa shape index (κ1) is 18.0. The zero-order valence-electron chi connectivity index (χ0n) is 13.3. The summed E-state index contributed by atoms with van der Waals surface area (Å²) in [5.41, 5.74) is 1.57. The van der Waals surface area contributed by atoms with Crippen LogP contribution in [-0.4, -0.2) is 32.6 Å². The van der Waals surface area contributed by atoms with E-state index in [2.05, 4.69) is 25.6 Å². The van der Waals surface area contributed by atoms with E-state index in [1.54, 1.807) is 42.7 Å². The molecular formula is C17H13FIN5O2. The lowest BCUT2D eigenvalue weighted by atomic mass is 10.2. The van der Waals surface area contributed by atoms with Gasteiger partial charge in [0.2, 0.25) is 5.95 Å². The van der Waals surface area contributed by atoms with Crippen LogP contribution in [0, 0.1) is 9.39 Å². The third-order valence-corrected chi connectivity index (χ3v) is 3.96. The van der Waals surface area contributed by atoms with Crippen molar-refractivity contribution in [2.45, 2.75) is 0 Å². The number of aliphatic carboxylic acids is 1. The molecule has 0 spiro atoms. The summed E-state index contributed by atoms with van der Waals surface area (Å²) >= 11 is 2.02. The molecule has 26 heavy (non-hydrogen) atoms. The van der Waals surface area contributed by atoms with Gasteiger partial charge in [0.25, 0.3) is 0 Å². The van der Waals surface area contributed by atoms with Gasteiger partial charge >= 0.3 is 5.97 Å². The van der Waals surface area contributed by atoms with Gasteiger partial charge in [-0.25, -0.2) is 9.37 Å². The standard InChI is InChI=1S/C17H13FIN5O2/c18-12-7-11(19)1-2-13(12)22-15-8-14(10-3-5-20-6-4-10)23-17(24-15)21-9-16(25)26/h1-8H,9H2,(H,25,26)(H2,21,22,23,24). The molecule has 0 aliphatic heterocycles. The molecule has 0 atom stereocenters. The Morgan fingerprint density at radius 3 is 2.62 bits per heavy atom. The van der Waals surface area contributed by atoms with Gasteiger partial charge in [-0.2, -0.15) is 4.98 Å². The second-order valence-electron chi connectivity index (χ2n) is 5.19. The molecule has 0 radical (unpaired) electrons. The number of aromatic nitrogens is 3. The maximum Gasteiger partial charge on any atom is 0.322 e. The zero-order chi connectivity index (χ0) is 18.5. The molecule has 0 fully saturated rings. The van der Waals surface area contributed by atoms with Crippen molar-refractivity contribution in [1.82, 2.24) is 15.0 Å². The van der Waals surface area contributed by atoms with Crippen molar-refractivity contribution in [2.75, 3.05) is 17.2 Å². The highest BCUT2D eigenvalue weighted by Crippen LogP contribution is 2.25. The van der Waals surface area contributed by atoms with Gasteiger partial charge < -0.3 is 15.7 Å². The van der Waals surface area contributed by atoms with E-state index in [1.807, 2.05) is 22.6 Å². The lowest BCUT2D eigenvalue weighted by Gasteiger charge is -2.11. The number of anilines is 3. The summed E-state index contributed by atoms with van der Waals surface area (Å²) in [7, 11) is 0. The van der Waals surface area contributed by atoms with Crippen molar-refractivity contribution in [3.63, 3.8) is 0 Å². The van der Waals surface area contributed by atoms with Crippen molar-refractivity contribution in [3.05, 3.63) is 58.2 Å². The van der Waals surface area contributed by atoms with Crippen LogP contribution in [0.25, 0.3) is 11.3 Å². The molecule has 2 heterocycles. The quantitative estimate of drug-likeness (QED) is 0.479. The minimum atomic E-state index is -1.04. The van der Waals surface area contributed by atoms with Crippen LogP contribution in [0.1, 0.15) is 0 Å². The van der Waals surface area contributed by atoms with E-state index >= 15 is 0 Å². The van der Waals surface area contributed by atoms with Crippen LogP contribution in [0.3, 0.4) is 0 Å². The molecule has 0 aliphatic carbocycles. The van der Waals surface area contributed by atoms with Gasteiger partial charge in [-0.1, -0.05) is 0 Å². The number of carbonyl (C=O) groups is 1. The van der Waals surface area contributed by atoms with E-state index in [1.165, 1.54) is 6.07 Å². The summed E-state index contributed by atoms with van der Waals surface area (Å²) in [6.45, 7) is -0.336. The molecule has 0 aliphatic rings. The van der Waals surface area contributed by atoms with Crippen LogP contribution in [0.4, 0.5) is 21.8 Å². The first-order valence-corrected chi connectivity index (χ1v) is 8.56. The highest BCUT2D eigenvalue weighted by molar-refractivity contribution is 14.1. The molecule has 3 rings (SSSR count). The number of hydrogen-bond acceptors (Lipinski definition) is 6. The Bertz CT molecular complexity index is 940. The largest absolute Gasteiger partial charge is 0.480 e. The summed E-state index contributed by atoms with van der Waals surface area (Å²) in [6, 6.07) is 9.95. The summed E-state index contributed by atoms with van der Waals surface area (Å²) in [5, 5.41) is 14.4. The lowest BCUT2D eigenvalue weighted by molar-refractivity contribution is -0.134. The molecule has 0 bridgehead atoms. The molecule has 0 amide bonds. The van der Waals surface area contributed by atoms with Gasteiger partial charge in [0.05, 0.1) is 11.4 Å². The second kappa shape index (κ2) is 8.04. The van der Waals surface area contributed by atoms with Crippen molar-refractivity contribution in [2.24, 2.45) is 0 Å². The predicted octanol–water partition coefficient (Wildman–Crippen LogP) is 3.52. The molecule has 1 aromatic carbocycles. The number of nitrogens with one attached hydrogen (secondary N) is 2. The number of pyridine rings is 1. The van der Waals surface area contributed by atoms with Crippen LogP contribution in [0.15, 0.2) is 48.8 Å². The monoisotopic (exact) mass is 465 g/mol. The van der Waals surface area contributed by atoms with Crippen molar-refractivity contribution >= 4 is 46.0 Å². The number of halogens is 2. The summed E-state index contributed by atoms with van der Waals surface area (Å²) < 4.78 is 14.9. The smallest absolute Gasteiger partial charge is 0.322 e. The molecule has 0 saturated carbocycles. The van der Waals surface area contributed by atoms with Gasteiger partial charge in [-0.15, -0.1) is 0 Å². The van der Waals surface area contributed by atoms with E-state index in [4.69, 9.17) is 5.11 Å². The number of carboxylic acids is 1. The van der Waals surface area contributed by atoms with E-state index in [0.29, 0.717) is 11.5 Å². The Labute approximate surface area is 161 Å². The van der Waals surface area contributed by atoms with Gasteiger partial charge in [-0.3, -0.25) is 9.78 Å². The molecule has 2 aromatic heterocycles. The minimum absolute atomic E-state index is 0.120. The first-order valence-electron chi connectivity index (χ1n) is 7.48. The van der Waals surface area contributed by atoms with Crippen molar-refractivity contribution in [3.8, 4) is 11.3 Å². The molecule has 7 nitrogen and oxygen atoms in total. The first-order chi connectivity index (χ1) is 12.5. The summed E-state index contributed by atoms with van der Waals surface area (Å²) in [5.74, 6) is -1.00. The fraction of sp³-hybridized carbons (Fsp3) is 0.0588. The molecule has 3 aromatic rings. The normalized spacial score (nSPS) is 10.4. The number of rotatable bonds is 6.